The Bertz CT molecular complexity index is 468. The molecule has 96 valence electrons. The maximum Gasteiger partial charge on any atom is 0.101 e. The van der Waals surface area contributed by atoms with Gasteiger partial charge >= 0.3 is 0 Å². The number of nitrogens with zero attached hydrogens (tertiary/aromatic N) is 2. The van der Waals surface area contributed by atoms with E-state index in [1.165, 1.54) is 11.1 Å². The van der Waals surface area contributed by atoms with Gasteiger partial charge in [-0.2, -0.15) is 5.26 Å². The Kier molecular flexibility index (Phi) is 3.88. The molecule has 0 saturated carbocycles. The van der Waals surface area contributed by atoms with Gasteiger partial charge < -0.3 is 9.64 Å². The Balaban J connectivity index is 2.41. The number of ether oxygens (including phenoxy) is 1. The van der Waals surface area contributed by atoms with Crippen molar-refractivity contribution < 1.29 is 4.74 Å². The third-order valence-electron chi connectivity index (χ3n) is 3.48. The molecule has 1 fully saturated rings. The van der Waals surface area contributed by atoms with Crippen LogP contribution >= 0.6 is 0 Å². The molecule has 0 amide bonds. The van der Waals surface area contributed by atoms with E-state index in [1.54, 1.807) is 0 Å². The number of hydrogen-bond acceptors (Lipinski definition) is 3. The van der Waals surface area contributed by atoms with Crippen molar-refractivity contribution in [2.24, 2.45) is 0 Å². The van der Waals surface area contributed by atoms with Crippen LogP contribution in [0.15, 0.2) is 12.1 Å². The minimum atomic E-state index is 0.454. The summed E-state index contributed by atoms with van der Waals surface area (Å²) in [5.41, 5.74) is 4.38. The van der Waals surface area contributed by atoms with Gasteiger partial charge in [0.15, 0.2) is 0 Å². The van der Waals surface area contributed by atoms with E-state index in [0.29, 0.717) is 5.92 Å². The van der Waals surface area contributed by atoms with Gasteiger partial charge in [0.05, 0.1) is 24.5 Å². The molecule has 0 unspecified atom stereocenters. The van der Waals surface area contributed by atoms with Crippen molar-refractivity contribution in [1.82, 2.24) is 0 Å². The smallest absolute Gasteiger partial charge is 0.101 e. The largest absolute Gasteiger partial charge is 0.378 e. The standard InChI is InChI=1S/C15H20N2O/c1-11(2)14-9-13(10-16)15(8-12(14)3)17-4-6-18-7-5-17/h8-9,11H,4-7H2,1-3H3. The lowest BCUT2D eigenvalue weighted by molar-refractivity contribution is 0.122. The second-order valence-electron chi connectivity index (χ2n) is 5.09. The summed E-state index contributed by atoms with van der Waals surface area (Å²) in [5, 5.41) is 9.34. The molecule has 0 radical (unpaired) electrons. The lowest BCUT2D eigenvalue weighted by Crippen LogP contribution is -2.36. The van der Waals surface area contributed by atoms with Crippen molar-refractivity contribution in [3.8, 4) is 6.07 Å². The minimum absolute atomic E-state index is 0.454. The van der Waals surface area contributed by atoms with E-state index >= 15 is 0 Å². The predicted octanol–water partition coefficient (Wildman–Crippen LogP) is 2.83. The highest BCUT2D eigenvalue weighted by Gasteiger charge is 2.17. The molecular formula is C15H20N2O. The van der Waals surface area contributed by atoms with Gasteiger partial charge in [-0.3, -0.25) is 0 Å². The maximum atomic E-state index is 9.34. The van der Waals surface area contributed by atoms with Crippen molar-refractivity contribution in [1.29, 1.82) is 5.26 Å². The van der Waals surface area contributed by atoms with Crippen LogP contribution in [-0.2, 0) is 4.74 Å². The summed E-state index contributed by atoms with van der Waals surface area (Å²) in [6.07, 6.45) is 0. The summed E-state index contributed by atoms with van der Waals surface area (Å²) in [7, 11) is 0. The maximum absolute atomic E-state index is 9.34. The van der Waals surface area contributed by atoms with Gasteiger partial charge in [-0.15, -0.1) is 0 Å². The van der Waals surface area contributed by atoms with Gasteiger partial charge in [-0.05, 0) is 36.1 Å². The van der Waals surface area contributed by atoms with Crippen LogP contribution in [0.4, 0.5) is 5.69 Å². The molecule has 1 saturated heterocycles. The molecular weight excluding hydrogens is 224 g/mol. The van der Waals surface area contributed by atoms with E-state index in [2.05, 4.69) is 37.8 Å². The SMILES string of the molecule is Cc1cc(N2CCOCC2)c(C#N)cc1C(C)C. The van der Waals surface area contributed by atoms with Gasteiger partial charge in [-0.1, -0.05) is 13.8 Å². The highest BCUT2D eigenvalue weighted by molar-refractivity contribution is 5.63. The second kappa shape index (κ2) is 5.41. The molecule has 18 heavy (non-hydrogen) atoms. The molecule has 1 aromatic rings. The average molecular weight is 244 g/mol. The summed E-state index contributed by atoms with van der Waals surface area (Å²) in [4.78, 5) is 2.25. The van der Waals surface area contributed by atoms with E-state index in [0.717, 1.165) is 37.6 Å². The van der Waals surface area contributed by atoms with E-state index in [9.17, 15) is 5.26 Å². The van der Waals surface area contributed by atoms with E-state index in [-0.39, 0.29) is 0 Å². The third kappa shape index (κ3) is 2.49. The van der Waals surface area contributed by atoms with Gasteiger partial charge in [0.1, 0.15) is 6.07 Å². The quantitative estimate of drug-likeness (QED) is 0.802. The molecule has 1 aliphatic heterocycles. The fourth-order valence-corrected chi connectivity index (χ4v) is 2.49. The predicted molar refractivity (Wildman–Crippen MR) is 73.0 cm³/mol. The lowest BCUT2D eigenvalue weighted by Gasteiger charge is -2.30. The minimum Gasteiger partial charge on any atom is -0.378 e. The molecule has 0 atom stereocenters. The first-order valence-corrected chi connectivity index (χ1v) is 6.51. The van der Waals surface area contributed by atoms with Crippen LogP contribution < -0.4 is 4.90 Å². The number of rotatable bonds is 2. The molecule has 3 heteroatoms. The Labute approximate surface area is 109 Å². The van der Waals surface area contributed by atoms with Crippen LogP contribution in [-0.4, -0.2) is 26.3 Å². The zero-order valence-electron chi connectivity index (χ0n) is 11.4. The molecule has 0 spiro atoms. The van der Waals surface area contributed by atoms with Crippen LogP contribution in [0.2, 0.25) is 0 Å². The fourth-order valence-electron chi connectivity index (χ4n) is 2.49. The molecule has 0 aliphatic carbocycles. The van der Waals surface area contributed by atoms with Crippen LogP contribution in [0.25, 0.3) is 0 Å². The number of benzene rings is 1. The normalized spacial score (nSPS) is 15.8. The van der Waals surface area contributed by atoms with Crippen LogP contribution in [0, 0.1) is 18.3 Å². The third-order valence-corrected chi connectivity index (χ3v) is 3.48. The summed E-state index contributed by atoms with van der Waals surface area (Å²) < 4.78 is 5.36. The first-order chi connectivity index (χ1) is 8.63. The number of aryl methyl sites for hydroxylation is 1. The van der Waals surface area contributed by atoms with Crippen molar-refractivity contribution in [2.75, 3.05) is 31.2 Å². The summed E-state index contributed by atoms with van der Waals surface area (Å²) >= 11 is 0. The fraction of sp³-hybridized carbons (Fsp3) is 0.533. The molecule has 1 heterocycles. The van der Waals surface area contributed by atoms with Crippen molar-refractivity contribution >= 4 is 5.69 Å². The lowest BCUT2D eigenvalue weighted by atomic mass is 9.94. The van der Waals surface area contributed by atoms with Crippen molar-refractivity contribution in [3.63, 3.8) is 0 Å². The zero-order valence-corrected chi connectivity index (χ0v) is 11.4. The first-order valence-electron chi connectivity index (χ1n) is 6.51. The Hall–Kier alpha value is -1.53. The van der Waals surface area contributed by atoms with Crippen LogP contribution in [0.1, 0.15) is 36.5 Å². The Morgan fingerprint density at radius 1 is 1.28 bits per heavy atom. The molecule has 0 bridgehead atoms. The summed E-state index contributed by atoms with van der Waals surface area (Å²) in [5.74, 6) is 0.454. The molecule has 0 N–H and O–H groups in total. The van der Waals surface area contributed by atoms with Crippen molar-refractivity contribution in [2.45, 2.75) is 26.7 Å². The molecule has 0 aromatic heterocycles. The average Bonchev–Trinajstić information content (AvgIpc) is 2.39. The van der Waals surface area contributed by atoms with Gasteiger partial charge in [-0.25, -0.2) is 0 Å². The van der Waals surface area contributed by atoms with Crippen LogP contribution in [0.5, 0.6) is 0 Å². The summed E-state index contributed by atoms with van der Waals surface area (Å²) in [6, 6.07) is 6.53. The highest BCUT2D eigenvalue weighted by atomic mass is 16.5. The summed E-state index contributed by atoms with van der Waals surface area (Å²) in [6.45, 7) is 9.69. The first kappa shape index (κ1) is 12.9. The van der Waals surface area contributed by atoms with E-state index in [4.69, 9.17) is 4.74 Å². The van der Waals surface area contributed by atoms with Gasteiger partial charge in [0.25, 0.3) is 0 Å². The zero-order chi connectivity index (χ0) is 13.1. The highest BCUT2D eigenvalue weighted by Crippen LogP contribution is 2.29. The second-order valence-corrected chi connectivity index (χ2v) is 5.09. The number of nitriles is 1. The van der Waals surface area contributed by atoms with Gasteiger partial charge in [0.2, 0.25) is 0 Å². The molecule has 2 rings (SSSR count). The number of morpholine rings is 1. The monoisotopic (exact) mass is 244 g/mol. The van der Waals surface area contributed by atoms with E-state index in [1.807, 2.05) is 6.07 Å². The molecule has 1 aromatic carbocycles. The molecule has 3 nitrogen and oxygen atoms in total. The Morgan fingerprint density at radius 2 is 1.94 bits per heavy atom. The number of hydrogen-bond donors (Lipinski definition) is 0. The van der Waals surface area contributed by atoms with Crippen LogP contribution in [0.3, 0.4) is 0 Å². The van der Waals surface area contributed by atoms with Crippen molar-refractivity contribution in [3.05, 3.63) is 28.8 Å². The number of anilines is 1. The van der Waals surface area contributed by atoms with Gasteiger partial charge in [0, 0.05) is 13.1 Å². The van der Waals surface area contributed by atoms with E-state index < -0.39 is 0 Å². The topological polar surface area (TPSA) is 36.3 Å². The Morgan fingerprint density at radius 3 is 2.50 bits per heavy atom. The molecule has 1 aliphatic rings.